The van der Waals surface area contributed by atoms with Crippen molar-refractivity contribution in [2.45, 2.75) is 64.1 Å². The molecular formula is C22H22F5N7O. The van der Waals surface area contributed by atoms with E-state index in [0.717, 1.165) is 0 Å². The van der Waals surface area contributed by atoms with Gasteiger partial charge in [-0.05, 0) is 44.7 Å². The number of ether oxygens (including phenoxy) is 1. The zero-order valence-electron chi connectivity index (χ0n) is 18.6. The predicted molar refractivity (Wildman–Crippen MR) is 118 cm³/mol. The Morgan fingerprint density at radius 1 is 1.14 bits per heavy atom. The Hall–Kier alpha value is -3.35. The Balaban J connectivity index is 1.34. The zero-order valence-corrected chi connectivity index (χ0v) is 18.6. The molecule has 186 valence electrons. The van der Waals surface area contributed by atoms with Crippen molar-refractivity contribution in [1.29, 1.82) is 0 Å². The molecule has 5 rings (SSSR count). The first-order valence-electron chi connectivity index (χ1n) is 11.1. The molecule has 0 unspecified atom stereocenters. The summed E-state index contributed by atoms with van der Waals surface area (Å²) in [6.07, 6.45) is -3.03. The second kappa shape index (κ2) is 9.02. The number of fused-ring (bicyclic) bond motifs is 2. The van der Waals surface area contributed by atoms with Crippen LogP contribution in [0, 0.1) is 6.92 Å². The van der Waals surface area contributed by atoms with Gasteiger partial charge in [0.1, 0.15) is 17.0 Å². The highest BCUT2D eigenvalue weighted by molar-refractivity contribution is 5.93. The van der Waals surface area contributed by atoms with Gasteiger partial charge in [0.2, 0.25) is 5.95 Å². The molecule has 35 heavy (non-hydrogen) atoms. The third kappa shape index (κ3) is 5.04. The number of anilines is 1. The quantitative estimate of drug-likeness (QED) is 0.357. The Morgan fingerprint density at radius 3 is 2.63 bits per heavy atom. The zero-order chi connectivity index (χ0) is 24.7. The number of pyridine rings is 1. The number of halogens is 5. The molecule has 1 fully saturated rings. The average molecular weight is 495 g/mol. The molecule has 4 aromatic heterocycles. The van der Waals surface area contributed by atoms with Crippen LogP contribution in [0.3, 0.4) is 0 Å². The van der Waals surface area contributed by atoms with E-state index in [-0.39, 0.29) is 6.04 Å². The van der Waals surface area contributed by atoms with E-state index in [9.17, 15) is 22.0 Å². The summed E-state index contributed by atoms with van der Waals surface area (Å²) in [5.41, 5.74) is 2.72. The predicted octanol–water partition coefficient (Wildman–Crippen LogP) is 5.20. The van der Waals surface area contributed by atoms with Gasteiger partial charge in [-0.25, -0.2) is 23.7 Å². The number of aryl methyl sites for hydroxylation is 1. The summed E-state index contributed by atoms with van der Waals surface area (Å²) in [5.74, 6) is 0.821. The maximum Gasteiger partial charge on any atom is 0.522 e. The van der Waals surface area contributed by atoms with Gasteiger partial charge in [-0.3, -0.25) is 4.74 Å². The fraction of sp³-hybridized carbons (Fsp3) is 0.455. The molecule has 8 nitrogen and oxygen atoms in total. The normalized spacial score (nSPS) is 19.2. The molecule has 2 N–H and O–H groups in total. The highest BCUT2D eigenvalue weighted by Gasteiger charge is 2.35. The highest BCUT2D eigenvalue weighted by Crippen LogP contribution is 2.31. The number of aromatic amines is 1. The number of nitrogens with one attached hydrogen (secondary N) is 2. The molecule has 0 bridgehead atoms. The molecule has 1 saturated carbocycles. The van der Waals surface area contributed by atoms with Crippen molar-refractivity contribution in [2.24, 2.45) is 0 Å². The molecule has 1 aliphatic rings. The molecule has 0 atom stereocenters. The molecule has 4 heterocycles. The first-order valence-corrected chi connectivity index (χ1v) is 11.1. The van der Waals surface area contributed by atoms with E-state index in [4.69, 9.17) is 0 Å². The topological polar surface area (TPSA) is 93.5 Å². The van der Waals surface area contributed by atoms with Gasteiger partial charge in [0.15, 0.2) is 5.65 Å². The van der Waals surface area contributed by atoms with Gasteiger partial charge in [-0.2, -0.15) is 4.98 Å². The number of imidazole rings is 1. The smallest absolute Gasteiger partial charge is 0.351 e. The molecule has 0 amide bonds. The largest absolute Gasteiger partial charge is 0.522 e. The van der Waals surface area contributed by atoms with Gasteiger partial charge in [-0.15, -0.1) is 13.2 Å². The van der Waals surface area contributed by atoms with Crippen LogP contribution in [0.15, 0.2) is 24.5 Å². The van der Waals surface area contributed by atoms with Crippen LogP contribution < -0.4 is 5.32 Å². The average Bonchev–Trinajstić information content (AvgIpc) is 3.34. The fourth-order valence-corrected chi connectivity index (χ4v) is 4.51. The lowest BCUT2D eigenvalue weighted by atomic mass is 9.93. The fourth-order valence-electron chi connectivity index (χ4n) is 4.51. The molecule has 0 saturated heterocycles. The molecule has 0 aromatic carbocycles. The first-order chi connectivity index (χ1) is 16.7. The third-order valence-corrected chi connectivity index (χ3v) is 6.12. The number of hydrogen-bond acceptors (Lipinski definition) is 6. The van der Waals surface area contributed by atoms with Crippen LogP contribution in [0.1, 0.15) is 31.5 Å². The summed E-state index contributed by atoms with van der Waals surface area (Å²) >= 11 is 0. The first kappa shape index (κ1) is 23.4. The number of rotatable bonds is 6. The molecule has 0 aliphatic heterocycles. The summed E-state index contributed by atoms with van der Waals surface area (Å²) in [6.45, 7) is 1.17. The van der Waals surface area contributed by atoms with E-state index in [0.29, 0.717) is 70.9 Å². The summed E-state index contributed by atoms with van der Waals surface area (Å²) in [7, 11) is 0. The van der Waals surface area contributed by atoms with Crippen molar-refractivity contribution in [3.05, 3.63) is 30.4 Å². The second-order valence-corrected chi connectivity index (χ2v) is 8.54. The van der Waals surface area contributed by atoms with Crippen LogP contribution >= 0.6 is 0 Å². The van der Waals surface area contributed by atoms with Crippen LogP contribution in [0.25, 0.3) is 33.5 Å². The molecular weight excluding hydrogens is 473 g/mol. The minimum absolute atomic E-state index is 0.0580. The van der Waals surface area contributed by atoms with Crippen molar-refractivity contribution in [3.8, 4) is 11.3 Å². The lowest BCUT2D eigenvalue weighted by Crippen LogP contribution is -2.33. The van der Waals surface area contributed by atoms with Gasteiger partial charge < -0.3 is 14.9 Å². The van der Waals surface area contributed by atoms with Crippen LogP contribution in [-0.4, -0.2) is 54.4 Å². The lowest BCUT2D eigenvalue weighted by molar-refractivity contribution is -0.345. The van der Waals surface area contributed by atoms with Crippen LogP contribution in [0.5, 0.6) is 0 Å². The van der Waals surface area contributed by atoms with E-state index >= 15 is 0 Å². The van der Waals surface area contributed by atoms with E-state index in [1.807, 2.05) is 0 Å². The van der Waals surface area contributed by atoms with Gasteiger partial charge in [0, 0.05) is 29.4 Å². The lowest BCUT2D eigenvalue weighted by Gasteiger charge is -2.29. The van der Waals surface area contributed by atoms with Crippen molar-refractivity contribution in [2.75, 3.05) is 5.32 Å². The van der Waals surface area contributed by atoms with Gasteiger partial charge in [0.25, 0.3) is 6.43 Å². The van der Waals surface area contributed by atoms with E-state index in [2.05, 4.69) is 35.0 Å². The molecule has 1 aliphatic carbocycles. The molecule has 0 spiro atoms. The second-order valence-electron chi connectivity index (χ2n) is 8.54. The Bertz CT molecular complexity index is 1340. The minimum atomic E-state index is -4.62. The van der Waals surface area contributed by atoms with E-state index in [1.165, 1.54) is 4.57 Å². The van der Waals surface area contributed by atoms with Crippen molar-refractivity contribution >= 4 is 28.1 Å². The molecule has 13 heteroatoms. The number of alkyl halides is 5. The highest BCUT2D eigenvalue weighted by atomic mass is 19.4. The third-order valence-electron chi connectivity index (χ3n) is 6.12. The van der Waals surface area contributed by atoms with Crippen LogP contribution in [-0.2, 0) is 11.3 Å². The SMILES string of the molecule is Cc1nc2ccc(-c3c[nH]c4nc(NC5CCC(OC(F)(F)F)CC5)ncc34)nc2n1CC(F)F. The monoisotopic (exact) mass is 495 g/mol. The maximum absolute atomic E-state index is 13.0. The van der Waals surface area contributed by atoms with Gasteiger partial charge in [-0.1, -0.05) is 0 Å². The van der Waals surface area contributed by atoms with Crippen LogP contribution in [0.4, 0.5) is 27.9 Å². The number of nitrogens with zero attached hydrogens (tertiary/aromatic N) is 5. The molecule has 4 aromatic rings. The number of aromatic nitrogens is 6. The van der Waals surface area contributed by atoms with E-state index in [1.54, 1.807) is 31.5 Å². The number of hydrogen-bond donors (Lipinski definition) is 2. The Labute approximate surface area is 195 Å². The minimum Gasteiger partial charge on any atom is -0.351 e. The molecule has 0 radical (unpaired) electrons. The van der Waals surface area contributed by atoms with E-state index < -0.39 is 25.4 Å². The summed E-state index contributed by atoms with van der Waals surface area (Å²) in [6, 6.07) is 3.44. The van der Waals surface area contributed by atoms with Crippen molar-refractivity contribution in [3.63, 3.8) is 0 Å². The standard InChI is InChI=1S/C22H22F5N7O/c1-11-30-17-7-6-16(32-20(17)34(11)10-18(23)24)14-8-28-19-15(14)9-29-21(33-19)31-12-2-4-13(5-3-12)35-22(25,26)27/h6-9,12-13,18H,2-5,10H2,1H3,(H2,28,29,31,33). The van der Waals surface area contributed by atoms with Gasteiger partial charge >= 0.3 is 6.36 Å². The van der Waals surface area contributed by atoms with Crippen molar-refractivity contribution in [1.82, 2.24) is 29.5 Å². The van der Waals surface area contributed by atoms with Gasteiger partial charge in [0.05, 0.1) is 18.3 Å². The van der Waals surface area contributed by atoms with Crippen molar-refractivity contribution < 1.29 is 26.7 Å². The Kier molecular flexibility index (Phi) is 6.03. The summed E-state index contributed by atoms with van der Waals surface area (Å²) in [5, 5.41) is 3.88. The maximum atomic E-state index is 13.0. The number of H-pyrrole nitrogens is 1. The Morgan fingerprint density at radius 2 is 1.91 bits per heavy atom. The summed E-state index contributed by atoms with van der Waals surface area (Å²) in [4.78, 5) is 20.8. The van der Waals surface area contributed by atoms with Crippen LogP contribution in [0.2, 0.25) is 0 Å². The summed E-state index contributed by atoms with van der Waals surface area (Å²) < 4.78 is 68.8.